The SMILES string of the molecule is [2H]C1([2H])c2ccccc2[C@]2(C)N=C(c3[c-]c(Oc4ccc5cccc(O)c5n4)ccc3)S[C@]12C.[Pt]. The molecule has 33 heavy (non-hydrogen) atoms. The molecule has 0 bridgehead atoms. The van der Waals surface area contributed by atoms with Gasteiger partial charge in [0.05, 0.1) is 5.54 Å². The van der Waals surface area contributed by atoms with E-state index in [1.807, 2.05) is 62.4 Å². The molecule has 0 amide bonds. The normalized spacial score (nSPS) is 25.3. The van der Waals surface area contributed by atoms with Crippen molar-refractivity contribution in [3.05, 3.63) is 95.6 Å². The van der Waals surface area contributed by atoms with E-state index in [0.717, 1.165) is 21.6 Å². The van der Waals surface area contributed by atoms with Crippen LogP contribution in [-0.4, -0.2) is 19.9 Å². The minimum absolute atomic E-state index is 0. The van der Waals surface area contributed by atoms with E-state index in [4.69, 9.17) is 12.5 Å². The monoisotopic (exact) mass is 634 g/mol. The first kappa shape index (κ1) is 19.8. The van der Waals surface area contributed by atoms with E-state index in [2.05, 4.69) is 11.1 Å². The van der Waals surface area contributed by atoms with Gasteiger partial charge in [0.25, 0.3) is 0 Å². The molecule has 2 aliphatic rings. The van der Waals surface area contributed by atoms with Crippen molar-refractivity contribution >= 4 is 27.7 Å². The molecule has 4 nitrogen and oxygen atoms in total. The number of aromatic hydroxyl groups is 1. The first-order valence-corrected chi connectivity index (χ1v) is 11.2. The van der Waals surface area contributed by atoms with Crippen molar-refractivity contribution < 1.29 is 33.7 Å². The van der Waals surface area contributed by atoms with Gasteiger partial charge in [-0.2, -0.15) is 0 Å². The molecule has 4 aromatic rings. The Morgan fingerprint density at radius 2 is 1.85 bits per heavy atom. The molecule has 6 rings (SSSR count). The molecule has 1 N–H and O–H groups in total. The number of ether oxygens (including phenoxy) is 1. The summed E-state index contributed by atoms with van der Waals surface area (Å²) < 4.78 is 23.1. The predicted octanol–water partition coefficient (Wildman–Crippen LogP) is 6.25. The fraction of sp³-hybridized carbons (Fsp3) is 0.185. The van der Waals surface area contributed by atoms with Crippen LogP contribution < -0.4 is 4.74 Å². The van der Waals surface area contributed by atoms with E-state index in [0.29, 0.717) is 22.7 Å². The van der Waals surface area contributed by atoms with Crippen LogP contribution >= 0.6 is 11.8 Å². The van der Waals surface area contributed by atoms with Gasteiger partial charge >= 0.3 is 0 Å². The zero-order valence-electron chi connectivity index (χ0n) is 19.9. The quantitative estimate of drug-likeness (QED) is 0.271. The van der Waals surface area contributed by atoms with Gasteiger partial charge in [-0.15, -0.1) is 35.5 Å². The molecular weight excluding hydrogens is 611 g/mol. The van der Waals surface area contributed by atoms with E-state index < -0.39 is 16.7 Å². The molecule has 6 heteroatoms. The Hall–Kier alpha value is -2.62. The third-order valence-electron chi connectivity index (χ3n) is 6.27. The maximum atomic E-state index is 10.1. The zero-order valence-corrected chi connectivity index (χ0v) is 21.0. The average molecular weight is 635 g/mol. The second-order valence-corrected chi connectivity index (χ2v) is 9.73. The van der Waals surface area contributed by atoms with Gasteiger partial charge in [0.15, 0.2) is 0 Å². The molecule has 0 radical (unpaired) electrons. The Labute approximate surface area is 214 Å². The summed E-state index contributed by atoms with van der Waals surface area (Å²) >= 11 is 1.46. The predicted molar refractivity (Wildman–Crippen MR) is 129 cm³/mol. The van der Waals surface area contributed by atoms with Gasteiger partial charge in [-0.3, -0.25) is 0 Å². The first-order valence-electron chi connectivity index (χ1n) is 11.4. The smallest absolute Gasteiger partial charge is 0.217 e. The Balaban J connectivity index is 0.00000253. The minimum atomic E-state index is -1.54. The zero-order chi connectivity index (χ0) is 23.7. The molecule has 3 aromatic carbocycles. The molecule has 2 heterocycles. The number of fused-ring (bicyclic) bond motifs is 4. The molecule has 0 saturated carbocycles. The van der Waals surface area contributed by atoms with Crippen LogP contribution in [0, 0.1) is 6.07 Å². The van der Waals surface area contributed by atoms with Gasteiger partial charge in [-0.1, -0.05) is 42.5 Å². The minimum Gasteiger partial charge on any atom is -0.506 e. The molecule has 0 spiro atoms. The summed E-state index contributed by atoms with van der Waals surface area (Å²) in [6.07, 6.45) is -1.54. The standard InChI is InChI=1S/C27H21N2O2S.Pt/c1-26-16-19-7-3-4-11-21(19)27(26,2)29-25(32-26)18-9-5-10-20(15-18)31-23-14-13-17-8-6-12-22(30)24(17)28-23;/h3-14,30H,16H2,1-2H3;/q-1;/t26-,27+;/m1./s1/i16D2;. The van der Waals surface area contributed by atoms with Crippen molar-refractivity contribution in [1.82, 2.24) is 4.98 Å². The van der Waals surface area contributed by atoms with Crippen LogP contribution in [-0.2, 0) is 33.0 Å². The van der Waals surface area contributed by atoms with E-state index >= 15 is 0 Å². The second-order valence-electron chi connectivity index (χ2n) is 8.32. The molecule has 0 saturated heterocycles. The van der Waals surface area contributed by atoms with Gasteiger partial charge in [0.1, 0.15) is 11.3 Å². The van der Waals surface area contributed by atoms with E-state index in [1.165, 1.54) is 11.8 Å². The largest absolute Gasteiger partial charge is 0.506 e. The number of aromatic nitrogens is 1. The maximum Gasteiger partial charge on any atom is 0.217 e. The van der Waals surface area contributed by atoms with Crippen LogP contribution in [0.5, 0.6) is 17.4 Å². The van der Waals surface area contributed by atoms with Gasteiger partial charge in [-0.05, 0) is 43.5 Å². The van der Waals surface area contributed by atoms with Gasteiger partial charge in [-0.25, -0.2) is 4.98 Å². The summed E-state index contributed by atoms with van der Waals surface area (Å²) in [6.45, 7) is 3.97. The summed E-state index contributed by atoms with van der Waals surface area (Å²) in [4.78, 5) is 9.50. The number of hydrogen-bond acceptors (Lipinski definition) is 5. The van der Waals surface area contributed by atoms with Crippen LogP contribution in [0.25, 0.3) is 10.9 Å². The summed E-state index contributed by atoms with van der Waals surface area (Å²) in [5.74, 6) is 0.920. The van der Waals surface area contributed by atoms with Crippen LogP contribution in [0.3, 0.4) is 0 Å². The topological polar surface area (TPSA) is 54.7 Å². The molecule has 168 valence electrons. The van der Waals surface area contributed by atoms with Crippen LogP contribution in [0.4, 0.5) is 0 Å². The fourth-order valence-corrected chi connectivity index (χ4v) is 5.75. The first-order chi connectivity index (χ1) is 16.2. The Morgan fingerprint density at radius 1 is 1.03 bits per heavy atom. The third kappa shape index (κ3) is 3.49. The molecule has 0 fully saturated rings. The number of phenolic OH excluding ortho intramolecular Hbond substituents is 1. The van der Waals surface area contributed by atoms with E-state index in [9.17, 15) is 5.11 Å². The molecule has 1 aromatic heterocycles. The van der Waals surface area contributed by atoms with Crippen molar-refractivity contribution in [2.45, 2.75) is 30.5 Å². The number of para-hydroxylation sites is 1. The van der Waals surface area contributed by atoms with Crippen molar-refractivity contribution in [2.75, 3.05) is 0 Å². The number of aliphatic imine (C=N–C) groups is 1. The van der Waals surface area contributed by atoms with Gasteiger partial charge in [0.2, 0.25) is 5.88 Å². The van der Waals surface area contributed by atoms with Crippen LogP contribution in [0.1, 0.15) is 33.3 Å². The van der Waals surface area contributed by atoms with Gasteiger partial charge < -0.3 is 14.8 Å². The second kappa shape index (κ2) is 8.00. The van der Waals surface area contributed by atoms with E-state index in [-0.39, 0.29) is 26.8 Å². The summed E-state index contributed by atoms with van der Waals surface area (Å²) in [7, 11) is 0. The third-order valence-corrected chi connectivity index (χ3v) is 7.68. The van der Waals surface area contributed by atoms with Crippen LogP contribution in [0.2, 0.25) is 0 Å². The molecule has 1 aliphatic heterocycles. The summed E-state index contributed by atoms with van der Waals surface area (Å²) in [5, 5.41) is 11.7. The average Bonchev–Trinajstić information content (AvgIpc) is 3.18. The van der Waals surface area contributed by atoms with Gasteiger partial charge in [0, 0.05) is 50.8 Å². The fourth-order valence-electron chi connectivity index (χ4n) is 4.39. The van der Waals surface area contributed by atoms with Crippen molar-refractivity contribution in [3.8, 4) is 17.4 Å². The molecule has 2 atom stereocenters. The molecule has 1 aliphatic carbocycles. The number of rotatable bonds is 3. The number of benzene rings is 3. The number of nitrogens with zero attached hydrogens (tertiary/aromatic N) is 2. The molecule has 0 unspecified atom stereocenters. The Bertz CT molecular complexity index is 1510. The van der Waals surface area contributed by atoms with Crippen molar-refractivity contribution in [2.24, 2.45) is 4.99 Å². The Kier molecular flexibility index (Phi) is 4.80. The summed E-state index contributed by atoms with van der Waals surface area (Å²) in [6, 6.07) is 25.4. The number of phenols is 1. The maximum absolute atomic E-state index is 10.1. The number of hydrogen-bond donors (Lipinski definition) is 1. The molecular formula is C27H21N2O2PtS-. The van der Waals surface area contributed by atoms with Crippen LogP contribution in [0.15, 0.2) is 77.8 Å². The number of pyridine rings is 1. The van der Waals surface area contributed by atoms with E-state index in [1.54, 1.807) is 24.3 Å². The van der Waals surface area contributed by atoms with Crippen molar-refractivity contribution in [3.63, 3.8) is 0 Å². The number of thioether (sulfide) groups is 1. The van der Waals surface area contributed by atoms with Crippen molar-refractivity contribution in [1.29, 1.82) is 0 Å². The Morgan fingerprint density at radius 3 is 2.73 bits per heavy atom. The summed E-state index contributed by atoms with van der Waals surface area (Å²) in [5.41, 5.74) is 2.16.